The van der Waals surface area contributed by atoms with Crippen LogP contribution in [-0.4, -0.2) is 25.8 Å². The maximum absolute atomic E-state index is 12.9. The van der Waals surface area contributed by atoms with E-state index in [1.807, 2.05) is 0 Å². The number of hydrogen-bond acceptors (Lipinski definition) is 3. The number of aldehydes is 1. The van der Waals surface area contributed by atoms with Crippen molar-refractivity contribution in [2.45, 2.75) is 0 Å². The van der Waals surface area contributed by atoms with Crippen LogP contribution in [0.2, 0.25) is 0 Å². The monoisotopic (exact) mass is 211 g/mol. The molecule has 0 aliphatic rings. The summed E-state index contributed by atoms with van der Waals surface area (Å²) in [4.78, 5) is 21.2. The molecule has 15 heavy (non-hydrogen) atoms. The lowest BCUT2D eigenvalue weighted by Crippen LogP contribution is -2.24. The molecule has 0 aliphatic carbocycles. The third kappa shape index (κ3) is 3.38. The van der Waals surface area contributed by atoms with E-state index in [-0.39, 0.29) is 23.8 Å². The van der Waals surface area contributed by atoms with Crippen LogP contribution in [0.5, 0.6) is 5.75 Å². The van der Waals surface area contributed by atoms with E-state index >= 15 is 0 Å². The Hall–Kier alpha value is -1.91. The van der Waals surface area contributed by atoms with Gasteiger partial charge in [-0.05, 0) is 12.1 Å². The first-order valence-electron chi connectivity index (χ1n) is 4.25. The van der Waals surface area contributed by atoms with Crippen LogP contribution < -0.4 is 10.1 Å². The fourth-order valence-electron chi connectivity index (χ4n) is 0.957. The highest BCUT2D eigenvalue weighted by Gasteiger charge is 2.03. The zero-order chi connectivity index (χ0) is 11.3. The van der Waals surface area contributed by atoms with E-state index in [0.29, 0.717) is 6.29 Å². The lowest BCUT2D eigenvalue weighted by atomic mass is 10.2. The number of nitrogens with one attached hydrogen (secondary N) is 1. The van der Waals surface area contributed by atoms with Gasteiger partial charge in [-0.1, -0.05) is 0 Å². The minimum atomic E-state index is -0.577. The molecular weight excluding hydrogens is 201 g/mol. The Balaban J connectivity index is 2.72. The van der Waals surface area contributed by atoms with Gasteiger partial charge in [0.05, 0.1) is 0 Å². The first-order chi connectivity index (χ1) is 7.15. The standard InChI is InChI=1S/C10H10FNO3/c1-12-10(14)6-15-9-3-7(5-13)2-8(11)4-9/h2-5H,6H2,1H3,(H,12,14). The smallest absolute Gasteiger partial charge is 0.257 e. The molecular formula is C10H10FNO3. The highest BCUT2D eigenvalue weighted by molar-refractivity contribution is 5.77. The van der Waals surface area contributed by atoms with Gasteiger partial charge in [0.25, 0.3) is 5.91 Å². The van der Waals surface area contributed by atoms with Crippen molar-refractivity contribution >= 4 is 12.2 Å². The summed E-state index contributed by atoms with van der Waals surface area (Å²) in [7, 11) is 1.47. The number of rotatable bonds is 4. The van der Waals surface area contributed by atoms with Crippen molar-refractivity contribution in [1.82, 2.24) is 5.32 Å². The van der Waals surface area contributed by atoms with Gasteiger partial charge in [-0.15, -0.1) is 0 Å². The lowest BCUT2D eigenvalue weighted by molar-refractivity contribution is -0.122. The Morgan fingerprint density at radius 1 is 1.53 bits per heavy atom. The third-order valence-electron chi connectivity index (χ3n) is 1.68. The Morgan fingerprint density at radius 3 is 2.87 bits per heavy atom. The van der Waals surface area contributed by atoms with Gasteiger partial charge < -0.3 is 10.1 Å². The second-order valence-electron chi connectivity index (χ2n) is 2.80. The summed E-state index contributed by atoms with van der Waals surface area (Å²) in [5.41, 5.74) is 0.168. The molecule has 4 nitrogen and oxygen atoms in total. The molecule has 0 atom stereocenters. The highest BCUT2D eigenvalue weighted by Crippen LogP contribution is 2.15. The molecule has 1 aromatic rings. The molecule has 0 unspecified atom stereocenters. The quantitative estimate of drug-likeness (QED) is 0.748. The molecule has 1 amide bonds. The maximum Gasteiger partial charge on any atom is 0.257 e. The van der Waals surface area contributed by atoms with Gasteiger partial charge in [-0.25, -0.2) is 4.39 Å². The predicted octanol–water partition coefficient (Wildman–Crippen LogP) is 0.763. The molecule has 0 aromatic heterocycles. The van der Waals surface area contributed by atoms with E-state index in [9.17, 15) is 14.0 Å². The number of hydrogen-bond donors (Lipinski definition) is 1. The van der Waals surface area contributed by atoms with Crippen molar-refractivity contribution in [1.29, 1.82) is 0 Å². The minimum absolute atomic E-state index is 0.153. The zero-order valence-electron chi connectivity index (χ0n) is 8.12. The van der Waals surface area contributed by atoms with E-state index in [4.69, 9.17) is 4.74 Å². The fourth-order valence-corrected chi connectivity index (χ4v) is 0.957. The van der Waals surface area contributed by atoms with Gasteiger partial charge in [0.2, 0.25) is 0 Å². The largest absolute Gasteiger partial charge is 0.484 e. The fraction of sp³-hybridized carbons (Fsp3) is 0.200. The Labute approximate surface area is 86.0 Å². The number of halogens is 1. The normalized spacial score (nSPS) is 9.47. The molecule has 0 aliphatic heterocycles. The van der Waals surface area contributed by atoms with Crippen LogP contribution in [-0.2, 0) is 4.79 Å². The second-order valence-corrected chi connectivity index (χ2v) is 2.80. The van der Waals surface area contributed by atoms with Crippen LogP contribution in [0.1, 0.15) is 10.4 Å². The number of carbonyl (C=O) groups excluding carboxylic acids is 2. The molecule has 0 saturated heterocycles. The van der Waals surface area contributed by atoms with E-state index < -0.39 is 5.82 Å². The second kappa shape index (κ2) is 5.09. The van der Waals surface area contributed by atoms with Crippen molar-refractivity contribution in [3.05, 3.63) is 29.6 Å². The van der Waals surface area contributed by atoms with Gasteiger partial charge in [0.1, 0.15) is 17.9 Å². The Bertz CT molecular complexity index is 379. The van der Waals surface area contributed by atoms with Crippen LogP contribution in [0, 0.1) is 5.82 Å². The molecule has 0 fully saturated rings. The van der Waals surface area contributed by atoms with Crippen molar-refractivity contribution in [3.8, 4) is 5.75 Å². The Kier molecular flexibility index (Phi) is 3.79. The molecule has 0 bridgehead atoms. The summed E-state index contributed by atoms with van der Waals surface area (Å²) in [6.07, 6.45) is 0.510. The number of carbonyl (C=O) groups is 2. The molecule has 80 valence electrons. The molecule has 0 saturated carbocycles. The topological polar surface area (TPSA) is 55.4 Å². The molecule has 5 heteroatoms. The van der Waals surface area contributed by atoms with E-state index in [1.165, 1.54) is 13.1 Å². The summed E-state index contributed by atoms with van der Waals surface area (Å²) < 4.78 is 17.9. The van der Waals surface area contributed by atoms with Gasteiger partial charge in [-0.3, -0.25) is 9.59 Å². The first kappa shape index (κ1) is 11.2. The lowest BCUT2D eigenvalue weighted by Gasteiger charge is -2.05. The van der Waals surface area contributed by atoms with Crippen LogP contribution in [0.25, 0.3) is 0 Å². The van der Waals surface area contributed by atoms with Crippen molar-refractivity contribution in [2.75, 3.05) is 13.7 Å². The summed E-state index contributed by atoms with van der Waals surface area (Å²) in [5, 5.41) is 2.35. The molecule has 1 N–H and O–H groups in total. The van der Waals surface area contributed by atoms with Crippen LogP contribution in [0.3, 0.4) is 0 Å². The molecule has 1 rings (SSSR count). The average Bonchev–Trinajstić information content (AvgIpc) is 2.25. The number of amides is 1. The average molecular weight is 211 g/mol. The zero-order valence-corrected chi connectivity index (χ0v) is 8.12. The minimum Gasteiger partial charge on any atom is -0.484 e. The van der Waals surface area contributed by atoms with Gasteiger partial charge in [0.15, 0.2) is 6.61 Å². The van der Waals surface area contributed by atoms with Crippen molar-refractivity contribution in [3.63, 3.8) is 0 Å². The summed E-state index contributed by atoms with van der Waals surface area (Å²) in [6, 6.07) is 3.55. The molecule has 0 spiro atoms. The number of likely N-dealkylation sites (N-methyl/N-ethyl adjacent to an activating group) is 1. The van der Waals surface area contributed by atoms with E-state index in [0.717, 1.165) is 12.1 Å². The van der Waals surface area contributed by atoms with Crippen molar-refractivity contribution in [2.24, 2.45) is 0 Å². The van der Waals surface area contributed by atoms with E-state index in [2.05, 4.69) is 5.32 Å². The van der Waals surface area contributed by atoms with Gasteiger partial charge >= 0.3 is 0 Å². The summed E-state index contributed by atoms with van der Waals surface area (Å²) in [6.45, 7) is -0.210. The Morgan fingerprint density at radius 2 is 2.27 bits per heavy atom. The van der Waals surface area contributed by atoms with Crippen LogP contribution in [0.4, 0.5) is 4.39 Å². The summed E-state index contributed by atoms with van der Waals surface area (Å²) >= 11 is 0. The molecule has 1 aromatic carbocycles. The SMILES string of the molecule is CNC(=O)COc1cc(F)cc(C=O)c1. The van der Waals surface area contributed by atoms with Gasteiger partial charge in [0, 0.05) is 18.7 Å². The van der Waals surface area contributed by atoms with Crippen LogP contribution >= 0.6 is 0 Å². The first-order valence-corrected chi connectivity index (χ1v) is 4.25. The van der Waals surface area contributed by atoms with Gasteiger partial charge in [-0.2, -0.15) is 0 Å². The summed E-state index contributed by atoms with van der Waals surface area (Å²) in [5.74, 6) is -0.751. The highest BCUT2D eigenvalue weighted by atomic mass is 19.1. The molecule has 0 heterocycles. The van der Waals surface area contributed by atoms with Crippen LogP contribution in [0.15, 0.2) is 18.2 Å². The number of ether oxygens (including phenoxy) is 1. The third-order valence-corrected chi connectivity index (χ3v) is 1.68. The van der Waals surface area contributed by atoms with Crippen molar-refractivity contribution < 1.29 is 18.7 Å². The molecule has 0 radical (unpaired) electrons. The van der Waals surface area contributed by atoms with E-state index in [1.54, 1.807) is 0 Å². The maximum atomic E-state index is 12.9. The predicted molar refractivity (Wildman–Crippen MR) is 51.3 cm³/mol. The number of benzene rings is 1.